The van der Waals surface area contributed by atoms with E-state index in [1.54, 1.807) is 0 Å². The maximum atomic E-state index is 13.3. The first-order chi connectivity index (χ1) is 16.6. The van der Waals surface area contributed by atoms with Gasteiger partial charge in [0.1, 0.15) is 5.75 Å². The normalized spacial score (nSPS) is 11.7. The SMILES string of the molecule is CCCCCCCCCCCOP(=O)(OCCCCCCCCCCC)Oc1ccc(C)cc1. The van der Waals surface area contributed by atoms with E-state index in [-0.39, 0.29) is 0 Å². The first kappa shape index (κ1) is 31.2. The largest absolute Gasteiger partial charge is 0.530 e. The van der Waals surface area contributed by atoms with E-state index in [9.17, 15) is 4.57 Å². The molecule has 0 amide bonds. The molecule has 198 valence electrons. The quantitative estimate of drug-likeness (QED) is 0.105. The van der Waals surface area contributed by atoms with E-state index in [1.807, 2.05) is 31.2 Å². The third-order valence-corrected chi connectivity index (χ3v) is 7.66. The van der Waals surface area contributed by atoms with E-state index in [0.717, 1.165) is 31.2 Å². The summed E-state index contributed by atoms with van der Waals surface area (Å²) in [6, 6.07) is 7.54. The van der Waals surface area contributed by atoms with Gasteiger partial charge in [-0.15, -0.1) is 0 Å². The zero-order valence-corrected chi connectivity index (χ0v) is 23.4. The number of hydrogen-bond acceptors (Lipinski definition) is 4. The molecular weight excluding hydrogens is 443 g/mol. The van der Waals surface area contributed by atoms with Gasteiger partial charge in [-0.1, -0.05) is 134 Å². The van der Waals surface area contributed by atoms with Crippen molar-refractivity contribution in [3.8, 4) is 5.75 Å². The lowest BCUT2D eigenvalue weighted by atomic mass is 10.1. The third-order valence-electron chi connectivity index (χ3n) is 6.23. The maximum Gasteiger partial charge on any atom is 0.530 e. The summed E-state index contributed by atoms with van der Waals surface area (Å²) in [7, 11) is -3.60. The van der Waals surface area contributed by atoms with E-state index in [0.29, 0.717) is 19.0 Å². The van der Waals surface area contributed by atoms with Crippen molar-refractivity contribution in [2.24, 2.45) is 0 Å². The number of unbranched alkanes of at least 4 members (excludes halogenated alkanes) is 16. The molecule has 5 heteroatoms. The second-order valence-electron chi connectivity index (χ2n) is 9.67. The Hall–Kier alpha value is -0.830. The second kappa shape index (κ2) is 21.5. The van der Waals surface area contributed by atoms with Crippen molar-refractivity contribution in [2.75, 3.05) is 13.2 Å². The van der Waals surface area contributed by atoms with Crippen LogP contribution >= 0.6 is 7.82 Å². The van der Waals surface area contributed by atoms with Crippen LogP contribution in [0.3, 0.4) is 0 Å². The molecule has 1 rings (SSSR count). The number of aryl methyl sites for hydroxylation is 1. The molecule has 0 aromatic heterocycles. The minimum absolute atomic E-state index is 0.413. The first-order valence-electron chi connectivity index (χ1n) is 14.2. The van der Waals surface area contributed by atoms with E-state index in [1.165, 1.54) is 89.9 Å². The van der Waals surface area contributed by atoms with Crippen LogP contribution < -0.4 is 4.52 Å². The third kappa shape index (κ3) is 17.6. The average Bonchev–Trinajstić information content (AvgIpc) is 2.83. The van der Waals surface area contributed by atoms with E-state index in [4.69, 9.17) is 13.6 Å². The molecule has 1 aromatic rings. The molecular formula is C29H53O4P. The Labute approximate surface area is 211 Å². The number of phosphoric acid groups is 1. The minimum Gasteiger partial charge on any atom is -0.404 e. The highest BCUT2D eigenvalue weighted by Gasteiger charge is 2.28. The van der Waals surface area contributed by atoms with Gasteiger partial charge in [-0.25, -0.2) is 4.57 Å². The van der Waals surface area contributed by atoms with Crippen LogP contribution in [-0.2, 0) is 13.6 Å². The van der Waals surface area contributed by atoms with Crippen LogP contribution in [0.5, 0.6) is 5.75 Å². The van der Waals surface area contributed by atoms with Crippen LogP contribution in [0.25, 0.3) is 0 Å². The fourth-order valence-corrected chi connectivity index (χ4v) is 5.26. The van der Waals surface area contributed by atoms with Gasteiger partial charge in [-0.05, 0) is 31.9 Å². The molecule has 1 aromatic carbocycles. The van der Waals surface area contributed by atoms with Gasteiger partial charge in [-0.3, -0.25) is 9.05 Å². The summed E-state index contributed by atoms with van der Waals surface area (Å²) < 4.78 is 30.4. The molecule has 34 heavy (non-hydrogen) atoms. The van der Waals surface area contributed by atoms with Gasteiger partial charge in [0.25, 0.3) is 0 Å². The Morgan fingerprint density at radius 3 is 1.29 bits per heavy atom. The first-order valence-corrected chi connectivity index (χ1v) is 15.7. The highest BCUT2D eigenvalue weighted by Crippen LogP contribution is 2.49. The maximum absolute atomic E-state index is 13.3. The van der Waals surface area contributed by atoms with E-state index >= 15 is 0 Å². The average molecular weight is 497 g/mol. The molecule has 0 aliphatic rings. The summed E-state index contributed by atoms with van der Waals surface area (Å²) >= 11 is 0. The molecule has 0 atom stereocenters. The lowest BCUT2D eigenvalue weighted by Gasteiger charge is -2.19. The smallest absolute Gasteiger partial charge is 0.404 e. The van der Waals surface area contributed by atoms with Crippen molar-refractivity contribution >= 4 is 7.82 Å². The lowest BCUT2D eigenvalue weighted by molar-refractivity contribution is 0.150. The zero-order chi connectivity index (χ0) is 24.7. The molecule has 0 unspecified atom stereocenters. The lowest BCUT2D eigenvalue weighted by Crippen LogP contribution is -2.05. The van der Waals surface area contributed by atoms with Crippen molar-refractivity contribution < 1.29 is 18.1 Å². The Balaban J connectivity index is 2.28. The fraction of sp³-hybridized carbons (Fsp3) is 0.793. The summed E-state index contributed by atoms with van der Waals surface area (Å²) in [6.07, 6.45) is 22.2. The van der Waals surface area contributed by atoms with Crippen molar-refractivity contribution in [1.82, 2.24) is 0 Å². The zero-order valence-electron chi connectivity index (χ0n) is 22.5. The van der Waals surface area contributed by atoms with Crippen molar-refractivity contribution in [3.63, 3.8) is 0 Å². The fourth-order valence-electron chi connectivity index (χ4n) is 4.00. The Bertz CT molecular complexity index is 589. The van der Waals surface area contributed by atoms with Crippen LogP contribution in [0.2, 0.25) is 0 Å². The summed E-state index contributed by atoms with van der Waals surface area (Å²) in [5, 5.41) is 0. The molecule has 0 saturated heterocycles. The number of phosphoric ester groups is 1. The predicted molar refractivity (Wildman–Crippen MR) is 146 cm³/mol. The standard InChI is InChI=1S/C29H53O4P/c1-4-6-8-10-12-14-16-18-20-26-31-34(30,33-29-24-22-28(3)23-25-29)32-27-21-19-17-15-13-11-9-7-5-2/h22-25H,4-21,26-27H2,1-3H3. The monoisotopic (exact) mass is 496 g/mol. The summed E-state index contributed by atoms with van der Waals surface area (Å²) in [6.45, 7) is 7.35. The minimum atomic E-state index is -3.60. The van der Waals surface area contributed by atoms with Crippen molar-refractivity contribution in [3.05, 3.63) is 29.8 Å². The molecule has 0 saturated carbocycles. The van der Waals surface area contributed by atoms with Gasteiger partial charge < -0.3 is 4.52 Å². The van der Waals surface area contributed by atoms with Crippen LogP contribution in [0.1, 0.15) is 135 Å². The van der Waals surface area contributed by atoms with Crippen molar-refractivity contribution in [1.29, 1.82) is 0 Å². The molecule has 0 aliphatic carbocycles. The van der Waals surface area contributed by atoms with Gasteiger partial charge in [-0.2, -0.15) is 0 Å². The molecule has 0 radical (unpaired) electrons. The topological polar surface area (TPSA) is 44.8 Å². The van der Waals surface area contributed by atoms with E-state index < -0.39 is 7.82 Å². The Morgan fingerprint density at radius 1 is 0.559 bits per heavy atom. The van der Waals surface area contributed by atoms with Gasteiger partial charge >= 0.3 is 7.82 Å². The van der Waals surface area contributed by atoms with Gasteiger partial charge in [0.05, 0.1) is 13.2 Å². The molecule has 0 spiro atoms. The van der Waals surface area contributed by atoms with Gasteiger partial charge in [0, 0.05) is 0 Å². The highest BCUT2D eigenvalue weighted by molar-refractivity contribution is 7.48. The molecule has 0 fully saturated rings. The second-order valence-corrected chi connectivity index (χ2v) is 11.3. The summed E-state index contributed by atoms with van der Waals surface area (Å²) in [5.41, 5.74) is 1.13. The molecule has 0 bridgehead atoms. The predicted octanol–water partition coefficient (Wildman–Crippen LogP) is 10.6. The van der Waals surface area contributed by atoms with Crippen LogP contribution in [-0.4, -0.2) is 13.2 Å². The Morgan fingerprint density at radius 2 is 0.912 bits per heavy atom. The van der Waals surface area contributed by atoms with Crippen LogP contribution in [0.4, 0.5) is 0 Å². The van der Waals surface area contributed by atoms with Crippen LogP contribution in [0, 0.1) is 6.92 Å². The van der Waals surface area contributed by atoms with Crippen LogP contribution in [0.15, 0.2) is 24.3 Å². The van der Waals surface area contributed by atoms with Gasteiger partial charge in [0.15, 0.2) is 0 Å². The number of rotatable bonds is 24. The van der Waals surface area contributed by atoms with E-state index in [2.05, 4.69) is 13.8 Å². The summed E-state index contributed by atoms with van der Waals surface area (Å²) in [5.74, 6) is 0.535. The highest BCUT2D eigenvalue weighted by atomic mass is 31.2. The molecule has 0 aliphatic heterocycles. The number of hydrogen-bond donors (Lipinski definition) is 0. The Kier molecular flexibility index (Phi) is 19.7. The number of benzene rings is 1. The van der Waals surface area contributed by atoms with Gasteiger partial charge in [0.2, 0.25) is 0 Å². The molecule has 4 nitrogen and oxygen atoms in total. The van der Waals surface area contributed by atoms with Crippen molar-refractivity contribution in [2.45, 2.75) is 136 Å². The summed E-state index contributed by atoms with van der Waals surface area (Å²) in [4.78, 5) is 0. The molecule has 0 heterocycles. The molecule has 0 N–H and O–H groups in total.